The van der Waals surface area contributed by atoms with Gasteiger partial charge in [-0.2, -0.15) is 0 Å². The molecule has 1 atom stereocenters. The van der Waals surface area contributed by atoms with Crippen LogP contribution in [0.15, 0.2) is 42.5 Å². The van der Waals surface area contributed by atoms with Gasteiger partial charge in [0.15, 0.2) is 0 Å². The maximum absolute atomic E-state index is 13.4. The summed E-state index contributed by atoms with van der Waals surface area (Å²) in [5.41, 5.74) is 0.909. The van der Waals surface area contributed by atoms with Crippen LogP contribution in [-0.4, -0.2) is 57.6 Å². The van der Waals surface area contributed by atoms with Crippen molar-refractivity contribution in [2.24, 2.45) is 0 Å². The number of sulfonamides is 1. The normalized spacial score (nSPS) is 12.1. The average Bonchev–Trinajstić information content (AvgIpc) is 2.76. The van der Waals surface area contributed by atoms with Crippen LogP contribution in [0.5, 0.6) is 5.75 Å². The van der Waals surface area contributed by atoms with E-state index in [0.29, 0.717) is 12.3 Å². The number of methoxy groups -OCH3 is 1. The van der Waals surface area contributed by atoms with Crippen LogP contribution in [0.3, 0.4) is 0 Å². The van der Waals surface area contributed by atoms with Gasteiger partial charge in [-0.15, -0.1) is 0 Å². The predicted molar refractivity (Wildman–Crippen MR) is 130 cm³/mol. The number of carbonyl (C=O) groups is 2. The van der Waals surface area contributed by atoms with Gasteiger partial charge in [-0.3, -0.25) is 13.9 Å². The molecule has 2 aromatic carbocycles. The van der Waals surface area contributed by atoms with Crippen molar-refractivity contribution in [1.29, 1.82) is 0 Å². The number of amides is 2. The monoisotopic (exact) mass is 515 g/mol. The third-order valence-corrected chi connectivity index (χ3v) is 6.76. The molecule has 33 heavy (non-hydrogen) atoms. The molecular formula is C22H27Cl2N3O5S. The zero-order chi connectivity index (χ0) is 24.8. The summed E-state index contributed by atoms with van der Waals surface area (Å²) in [5.74, 6) is -0.318. The number of halogens is 2. The maximum atomic E-state index is 13.4. The van der Waals surface area contributed by atoms with E-state index in [1.807, 2.05) is 0 Å². The number of hydrogen-bond acceptors (Lipinski definition) is 5. The molecule has 0 aliphatic carbocycles. The highest BCUT2D eigenvalue weighted by atomic mass is 35.5. The molecule has 0 aliphatic rings. The van der Waals surface area contributed by atoms with E-state index in [-0.39, 0.29) is 28.2 Å². The quantitative estimate of drug-likeness (QED) is 0.523. The van der Waals surface area contributed by atoms with E-state index in [4.69, 9.17) is 27.9 Å². The Hall–Kier alpha value is -2.49. The van der Waals surface area contributed by atoms with Crippen molar-refractivity contribution in [2.75, 3.05) is 30.8 Å². The van der Waals surface area contributed by atoms with Crippen molar-refractivity contribution in [3.63, 3.8) is 0 Å². The average molecular weight is 516 g/mol. The molecule has 11 heteroatoms. The summed E-state index contributed by atoms with van der Waals surface area (Å²) in [5, 5.41) is 3.10. The first-order chi connectivity index (χ1) is 15.5. The van der Waals surface area contributed by atoms with E-state index < -0.39 is 28.5 Å². The SMILES string of the molecule is CCNC(=O)[C@@H](C)N(Cc1cccc(OC)c1)C(=O)CN(c1ccc(Cl)c(Cl)c1)S(C)(=O)=O. The Morgan fingerprint density at radius 3 is 2.39 bits per heavy atom. The van der Waals surface area contributed by atoms with E-state index in [9.17, 15) is 18.0 Å². The summed E-state index contributed by atoms with van der Waals surface area (Å²) in [6.07, 6.45) is 0.989. The second kappa shape index (κ2) is 11.6. The van der Waals surface area contributed by atoms with Crippen LogP contribution in [0, 0.1) is 0 Å². The zero-order valence-electron chi connectivity index (χ0n) is 18.8. The largest absolute Gasteiger partial charge is 0.497 e. The number of nitrogens with zero attached hydrogens (tertiary/aromatic N) is 2. The number of hydrogen-bond donors (Lipinski definition) is 1. The first kappa shape index (κ1) is 26.8. The molecule has 0 saturated carbocycles. The molecule has 180 valence electrons. The van der Waals surface area contributed by atoms with Crippen LogP contribution < -0.4 is 14.4 Å². The Morgan fingerprint density at radius 1 is 1.12 bits per heavy atom. The Morgan fingerprint density at radius 2 is 1.82 bits per heavy atom. The Labute approximate surface area is 204 Å². The molecule has 2 amide bonds. The van der Waals surface area contributed by atoms with Gasteiger partial charge < -0.3 is 15.0 Å². The summed E-state index contributed by atoms with van der Waals surface area (Å²) in [6.45, 7) is 3.31. The first-order valence-electron chi connectivity index (χ1n) is 10.1. The second-order valence-corrected chi connectivity index (χ2v) is 10.0. The lowest BCUT2D eigenvalue weighted by molar-refractivity contribution is -0.139. The van der Waals surface area contributed by atoms with E-state index in [2.05, 4.69) is 5.32 Å². The number of rotatable bonds is 10. The smallest absolute Gasteiger partial charge is 0.244 e. The summed E-state index contributed by atoms with van der Waals surface area (Å²) >= 11 is 12.0. The molecule has 0 aromatic heterocycles. The van der Waals surface area contributed by atoms with Gasteiger partial charge in [0, 0.05) is 13.1 Å². The minimum Gasteiger partial charge on any atom is -0.497 e. The molecule has 0 spiro atoms. The number of likely N-dealkylation sites (N-methyl/N-ethyl adjacent to an activating group) is 1. The summed E-state index contributed by atoms with van der Waals surface area (Å²) in [4.78, 5) is 27.3. The third-order valence-electron chi connectivity index (χ3n) is 4.88. The molecule has 1 N–H and O–H groups in total. The fraction of sp³-hybridized carbons (Fsp3) is 0.364. The fourth-order valence-electron chi connectivity index (χ4n) is 3.13. The van der Waals surface area contributed by atoms with E-state index >= 15 is 0 Å². The molecule has 0 aliphatic heterocycles. The van der Waals surface area contributed by atoms with Crippen molar-refractivity contribution in [3.8, 4) is 5.75 Å². The van der Waals surface area contributed by atoms with Crippen LogP contribution in [-0.2, 0) is 26.2 Å². The van der Waals surface area contributed by atoms with E-state index in [1.54, 1.807) is 38.1 Å². The van der Waals surface area contributed by atoms with Gasteiger partial charge in [0.1, 0.15) is 18.3 Å². The highest BCUT2D eigenvalue weighted by Crippen LogP contribution is 2.28. The van der Waals surface area contributed by atoms with Crippen LogP contribution >= 0.6 is 23.2 Å². The van der Waals surface area contributed by atoms with Gasteiger partial charge in [-0.25, -0.2) is 8.42 Å². The van der Waals surface area contributed by atoms with E-state index in [0.717, 1.165) is 16.1 Å². The zero-order valence-corrected chi connectivity index (χ0v) is 21.2. The van der Waals surface area contributed by atoms with Crippen LogP contribution in [0.1, 0.15) is 19.4 Å². The van der Waals surface area contributed by atoms with Crippen LogP contribution in [0.25, 0.3) is 0 Å². The van der Waals surface area contributed by atoms with Gasteiger partial charge in [-0.1, -0.05) is 35.3 Å². The van der Waals surface area contributed by atoms with Crippen molar-refractivity contribution in [3.05, 3.63) is 58.1 Å². The maximum Gasteiger partial charge on any atom is 0.244 e. The summed E-state index contributed by atoms with van der Waals surface area (Å²) in [7, 11) is -2.32. The summed E-state index contributed by atoms with van der Waals surface area (Å²) < 4.78 is 31.2. The Bertz CT molecular complexity index is 1110. The lowest BCUT2D eigenvalue weighted by atomic mass is 10.1. The topological polar surface area (TPSA) is 96.0 Å². The molecular weight excluding hydrogens is 489 g/mol. The first-order valence-corrected chi connectivity index (χ1v) is 12.7. The highest BCUT2D eigenvalue weighted by molar-refractivity contribution is 7.92. The lowest BCUT2D eigenvalue weighted by Crippen LogP contribution is -2.51. The van der Waals surface area contributed by atoms with Crippen LogP contribution in [0.4, 0.5) is 5.69 Å². The Kier molecular flexibility index (Phi) is 9.39. The van der Waals surface area contributed by atoms with Gasteiger partial charge in [0.2, 0.25) is 21.8 Å². The third kappa shape index (κ3) is 7.25. The molecule has 0 fully saturated rings. The molecule has 0 heterocycles. The minimum absolute atomic E-state index is 0.0767. The van der Waals surface area contributed by atoms with Gasteiger partial charge in [0.25, 0.3) is 0 Å². The van der Waals surface area contributed by atoms with Crippen molar-refractivity contribution < 1.29 is 22.7 Å². The second-order valence-electron chi connectivity index (χ2n) is 7.31. The summed E-state index contributed by atoms with van der Waals surface area (Å²) in [6, 6.07) is 10.5. The van der Waals surface area contributed by atoms with Gasteiger partial charge in [0.05, 0.1) is 29.1 Å². The predicted octanol–water partition coefficient (Wildman–Crippen LogP) is 3.32. The fourth-order valence-corrected chi connectivity index (χ4v) is 4.26. The highest BCUT2D eigenvalue weighted by Gasteiger charge is 2.30. The Balaban J connectivity index is 2.41. The molecule has 8 nitrogen and oxygen atoms in total. The molecule has 0 bridgehead atoms. The van der Waals surface area contributed by atoms with Crippen molar-refractivity contribution >= 4 is 50.7 Å². The molecule has 2 rings (SSSR count). The lowest BCUT2D eigenvalue weighted by Gasteiger charge is -2.31. The molecule has 2 aromatic rings. The molecule has 0 unspecified atom stereocenters. The molecule has 0 radical (unpaired) electrons. The van der Waals surface area contributed by atoms with Gasteiger partial charge in [-0.05, 0) is 49.7 Å². The standard InChI is InChI=1S/C22H27Cl2N3O5S/c1-5-25-22(29)15(2)26(13-16-7-6-8-18(11-16)32-3)21(28)14-27(33(4,30)31)17-9-10-19(23)20(24)12-17/h6-12,15H,5,13-14H2,1-4H3,(H,25,29)/t15-/m1/s1. The van der Waals surface area contributed by atoms with E-state index in [1.165, 1.54) is 30.2 Å². The van der Waals surface area contributed by atoms with Gasteiger partial charge >= 0.3 is 0 Å². The molecule has 0 saturated heterocycles. The number of anilines is 1. The van der Waals surface area contributed by atoms with Crippen molar-refractivity contribution in [1.82, 2.24) is 10.2 Å². The number of benzene rings is 2. The number of carbonyl (C=O) groups excluding carboxylic acids is 2. The van der Waals surface area contributed by atoms with Crippen molar-refractivity contribution in [2.45, 2.75) is 26.4 Å². The number of nitrogens with one attached hydrogen (secondary N) is 1. The van der Waals surface area contributed by atoms with Crippen LogP contribution in [0.2, 0.25) is 10.0 Å². The number of ether oxygens (including phenoxy) is 1. The minimum atomic E-state index is -3.85.